The molecule has 0 aliphatic rings. The fraction of sp³-hybridized carbons (Fsp3) is 0.0625. The second-order valence-corrected chi connectivity index (χ2v) is 7.06. The molecule has 0 saturated heterocycles. The molecule has 0 atom stereocenters. The Morgan fingerprint density at radius 2 is 1.86 bits per heavy atom. The first-order valence-corrected chi connectivity index (χ1v) is 8.23. The topological polar surface area (TPSA) is 12.9 Å². The van der Waals surface area contributed by atoms with Crippen LogP contribution in [0.25, 0.3) is 21.8 Å². The zero-order chi connectivity index (χ0) is 15.0. The van der Waals surface area contributed by atoms with E-state index in [4.69, 9.17) is 11.6 Å². The van der Waals surface area contributed by atoms with E-state index in [1.807, 2.05) is 31.2 Å². The van der Waals surface area contributed by atoms with Gasteiger partial charge >= 0.3 is 0 Å². The van der Waals surface area contributed by atoms with Crippen molar-refractivity contribution in [3.63, 3.8) is 0 Å². The Hall–Kier alpha value is -1.23. The molecule has 3 aromatic rings. The normalized spacial score (nSPS) is 10.9. The van der Waals surface area contributed by atoms with Crippen molar-refractivity contribution in [2.24, 2.45) is 0 Å². The summed E-state index contributed by atoms with van der Waals surface area (Å²) in [6, 6.07) is 12.9. The Bertz CT molecular complexity index is 799. The molecule has 0 aliphatic carbocycles. The summed E-state index contributed by atoms with van der Waals surface area (Å²) in [5, 5.41) is 0.760. The van der Waals surface area contributed by atoms with Crippen molar-refractivity contribution in [2.45, 2.75) is 6.92 Å². The Morgan fingerprint density at radius 1 is 1.14 bits per heavy atom. The first-order valence-electron chi connectivity index (χ1n) is 6.24. The molecule has 1 aromatic heterocycles. The minimum atomic E-state index is -0.421. The van der Waals surface area contributed by atoms with Gasteiger partial charge in [0.25, 0.3) is 0 Å². The minimum Gasteiger partial charge on any atom is -0.236 e. The molecule has 106 valence electrons. The van der Waals surface area contributed by atoms with Crippen LogP contribution in [0.4, 0.5) is 4.39 Å². The van der Waals surface area contributed by atoms with E-state index in [0.29, 0.717) is 10.6 Å². The lowest BCUT2D eigenvalue weighted by atomic mass is 10.1. The number of halogens is 3. The third kappa shape index (κ3) is 2.89. The molecule has 0 spiro atoms. The van der Waals surface area contributed by atoms with Gasteiger partial charge in [-0.3, -0.25) is 0 Å². The predicted molar refractivity (Wildman–Crippen MR) is 90.4 cm³/mol. The SMILES string of the molecule is Cc1sc(-c2cccc(Cl)c2F)nc1-c1ccc(Br)cc1. The molecule has 1 heterocycles. The highest BCUT2D eigenvalue weighted by atomic mass is 79.9. The van der Waals surface area contributed by atoms with Crippen LogP contribution in [0, 0.1) is 12.7 Å². The third-order valence-corrected chi connectivity index (χ3v) is 4.92. The lowest BCUT2D eigenvalue weighted by Gasteiger charge is -2.00. The molecule has 0 saturated carbocycles. The van der Waals surface area contributed by atoms with Crippen LogP contribution in [-0.2, 0) is 0 Å². The Morgan fingerprint density at radius 3 is 2.57 bits per heavy atom. The summed E-state index contributed by atoms with van der Waals surface area (Å²) in [7, 11) is 0. The lowest BCUT2D eigenvalue weighted by Crippen LogP contribution is -1.85. The van der Waals surface area contributed by atoms with Crippen LogP contribution in [-0.4, -0.2) is 4.98 Å². The van der Waals surface area contributed by atoms with E-state index in [1.165, 1.54) is 17.4 Å². The summed E-state index contributed by atoms with van der Waals surface area (Å²) < 4.78 is 15.1. The minimum absolute atomic E-state index is 0.116. The summed E-state index contributed by atoms with van der Waals surface area (Å²) in [6.45, 7) is 1.99. The van der Waals surface area contributed by atoms with E-state index in [1.54, 1.807) is 12.1 Å². The molecule has 2 aromatic carbocycles. The van der Waals surface area contributed by atoms with Gasteiger partial charge in [-0.2, -0.15) is 0 Å². The van der Waals surface area contributed by atoms with Gasteiger partial charge in [-0.15, -0.1) is 11.3 Å². The van der Waals surface area contributed by atoms with Crippen LogP contribution in [0.2, 0.25) is 5.02 Å². The van der Waals surface area contributed by atoms with Crippen molar-refractivity contribution in [1.29, 1.82) is 0 Å². The number of aryl methyl sites for hydroxylation is 1. The number of benzene rings is 2. The summed E-state index contributed by atoms with van der Waals surface area (Å²) in [5.74, 6) is -0.421. The van der Waals surface area contributed by atoms with Gasteiger partial charge < -0.3 is 0 Å². The van der Waals surface area contributed by atoms with E-state index in [9.17, 15) is 4.39 Å². The zero-order valence-electron chi connectivity index (χ0n) is 11.0. The van der Waals surface area contributed by atoms with E-state index >= 15 is 0 Å². The van der Waals surface area contributed by atoms with Crippen LogP contribution in [0.1, 0.15) is 4.88 Å². The summed E-state index contributed by atoms with van der Waals surface area (Å²) in [4.78, 5) is 5.63. The number of thiazole rings is 1. The predicted octanol–water partition coefficient (Wildman–Crippen LogP) is 6.34. The average molecular weight is 383 g/mol. The van der Waals surface area contributed by atoms with Crippen molar-refractivity contribution >= 4 is 38.9 Å². The number of rotatable bonds is 2. The number of hydrogen-bond acceptors (Lipinski definition) is 2. The average Bonchev–Trinajstić information content (AvgIpc) is 2.84. The molecule has 0 N–H and O–H groups in total. The van der Waals surface area contributed by atoms with Crippen LogP contribution >= 0.6 is 38.9 Å². The summed E-state index contributed by atoms with van der Waals surface area (Å²) in [6.07, 6.45) is 0. The molecule has 21 heavy (non-hydrogen) atoms. The molecule has 0 unspecified atom stereocenters. The van der Waals surface area contributed by atoms with Gasteiger partial charge in [0.05, 0.1) is 10.7 Å². The summed E-state index contributed by atoms with van der Waals surface area (Å²) in [5.41, 5.74) is 2.33. The van der Waals surface area contributed by atoms with Gasteiger partial charge in [0, 0.05) is 20.5 Å². The highest BCUT2D eigenvalue weighted by Gasteiger charge is 2.15. The highest BCUT2D eigenvalue weighted by molar-refractivity contribution is 9.10. The van der Waals surface area contributed by atoms with Gasteiger partial charge in [0.2, 0.25) is 0 Å². The zero-order valence-corrected chi connectivity index (χ0v) is 14.2. The maximum Gasteiger partial charge on any atom is 0.152 e. The molecule has 0 fully saturated rings. The maximum absolute atomic E-state index is 14.1. The Kier molecular flexibility index (Phi) is 4.11. The largest absolute Gasteiger partial charge is 0.236 e. The number of aromatic nitrogens is 1. The van der Waals surface area contributed by atoms with Gasteiger partial charge in [0.1, 0.15) is 5.01 Å². The van der Waals surface area contributed by atoms with Gasteiger partial charge in [-0.1, -0.05) is 45.7 Å². The fourth-order valence-corrected chi connectivity index (χ4v) is 3.45. The van der Waals surface area contributed by atoms with Crippen LogP contribution < -0.4 is 0 Å². The molecule has 0 amide bonds. The van der Waals surface area contributed by atoms with E-state index < -0.39 is 5.82 Å². The first kappa shape index (κ1) is 14.7. The molecule has 3 rings (SSSR count). The molecular weight excluding hydrogens is 373 g/mol. The van der Waals surface area contributed by atoms with Crippen molar-refractivity contribution < 1.29 is 4.39 Å². The second-order valence-electron chi connectivity index (χ2n) is 4.53. The quantitative estimate of drug-likeness (QED) is 0.504. The van der Waals surface area contributed by atoms with Crippen LogP contribution in [0.3, 0.4) is 0 Å². The third-order valence-electron chi connectivity index (χ3n) is 3.10. The van der Waals surface area contributed by atoms with Crippen LogP contribution in [0.5, 0.6) is 0 Å². The fourth-order valence-electron chi connectivity index (χ4n) is 2.06. The molecule has 1 nitrogen and oxygen atoms in total. The van der Waals surface area contributed by atoms with Crippen molar-refractivity contribution in [1.82, 2.24) is 4.98 Å². The lowest BCUT2D eigenvalue weighted by molar-refractivity contribution is 0.631. The molecule has 0 radical (unpaired) electrons. The van der Waals surface area contributed by atoms with Crippen molar-refractivity contribution in [3.05, 3.63) is 62.7 Å². The van der Waals surface area contributed by atoms with Gasteiger partial charge in [-0.25, -0.2) is 9.37 Å². The smallest absolute Gasteiger partial charge is 0.152 e. The Labute approximate surface area is 139 Å². The molecule has 0 bridgehead atoms. The molecule has 5 heteroatoms. The van der Waals surface area contributed by atoms with E-state index in [0.717, 1.165) is 20.6 Å². The van der Waals surface area contributed by atoms with Crippen molar-refractivity contribution in [2.75, 3.05) is 0 Å². The maximum atomic E-state index is 14.1. The Balaban J connectivity index is 2.09. The van der Waals surface area contributed by atoms with Gasteiger partial charge in [-0.05, 0) is 31.2 Å². The summed E-state index contributed by atoms with van der Waals surface area (Å²) >= 11 is 10.7. The standard InChI is InChI=1S/C16H10BrClFNS/c1-9-15(10-5-7-11(17)8-6-10)20-16(21-9)12-3-2-4-13(18)14(12)19/h2-8H,1H3. The molecular formula is C16H10BrClFNS. The van der Waals surface area contributed by atoms with Crippen LogP contribution in [0.15, 0.2) is 46.9 Å². The van der Waals surface area contributed by atoms with Gasteiger partial charge in [0.15, 0.2) is 5.82 Å². The van der Waals surface area contributed by atoms with Crippen molar-refractivity contribution in [3.8, 4) is 21.8 Å². The second kappa shape index (κ2) is 5.87. The van der Waals surface area contributed by atoms with E-state index in [2.05, 4.69) is 20.9 Å². The monoisotopic (exact) mass is 381 g/mol. The number of nitrogens with zero attached hydrogens (tertiary/aromatic N) is 1. The highest BCUT2D eigenvalue weighted by Crippen LogP contribution is 2.36. The molecule has 0 aliphatic heterocycles. The number of hydrogen-bond donors (Lipinski definition) is 0. The van der Waals surface area contributed by atoms with E-state index in [-0.39, 0.29) is 5.02 Å². The first-order chi connectivity index (χ1) is 10.1.